The van der Waals surface area contributed by atoms with Gasteiger partial charge in [-0.15, -0.1) is 0 Å². The predicted molar refractivity (Wildman–Crippen MR) is 76.4 cm³/mol. The molecule has 0 fully saturated rings. The van der Waals surface area contributed by atoms with Crippen molar-refractivity contribution in [3.05, 3.63) is 64.0 Å². The maximum atomic E-state index is 12.5. The van der Waals surface area contributed by atoms with E-state index in [9.17, 15) is 9.42 Å². The second kappa shape index (κ2) is 5.72. The monoisotopic (exact) mass is 295 g/mol. The van der Waals surface area contributed by atoms with Gasteiger partial charge in [-0.2, -0.15) is 4.73 Å². The summed E-state index contributed by atoms with van der Waals surface area (Å²) in [5, 5.41) is 12.1. The lowest BCUT2D eigenvalue weighted by Crippen LogP contribution is -2.32. The van der Waals surface area contributed by atoms with Crippen molar-refractivity contribution in [3.63, 3.8) is 0 Å². The minimum absolute atomic E-state index is 0.243. The van der Waals surface area contributed by atoms with E-state index < -0.39 is 10.8 Å². The van der Waals surface area contributed by atoms with Crippen LogP contribution in [0.15, 0.2) is 47.6 Å². The number of pyridine rings is 1. The number of hydrogen-bond donors (Lipinski definition) is 0. The van der Waals surface area contributed by atoms with E-state index in [1.165, 1.54) is 6.20 Å². The van der Waals surface area contributed by atoms with Gasteiger partial charge in [-0.3, -0.25) is 0 Å². The van der Waals surface area contributed by atoms with Crippen molar-refractivity contribution < 1.29 is 8.94 Å². The molecule has 2 unspecified atom stereocenters. The molecule has 3 nitrogen and oxygen atoms in total. The molecule has 100 valence electrons. The Hall–Kier alpha value is -1.39. The molecule has 0 radical (unpaired) electrons. The maximum Gasteiger partial charge on any atom is 0.282 e. The Bertz CT molecular complexity index is 631. The minimum Gasteiger partial charge on any atom is -0.618 e. The highest BCUT2D eigenvalue weighted by atomic mass is 35.5. The zero-order valence-corrected chi connectivity index (χ0v) is 12.2. The van der Waals surface area contributed by atoms with Gasteiger partial charge in [0.25, 0.3) is 5.03 Å². The molecule has 2 aromatic rings. The second-order valence-corrected chi connectivity index (χ2v) is 6.46. The molecule has 0 amide bonds. The predicted octanol–water partition coefficient (Wildman–Crippen LogP) is 3.15. The van der Waals surface area contributed by atoms with Crippen LogP contribution in [0.2, 0.25) is 5.02 Å². The zero-order chi connectivity index (χ0) is 14.0. The summed E-state index contributed by atoms with van der Waals surface area (Å²) >= 11 is 6.14. The third-order valence-electron chi connectivity index (χ3n) is 2.91. The summed E-state index contributed by atoms with van der Waals surface area (Å²) in [6.45, 7) is 3.76. The van der Waals surface area contributed by atoms with E-state index >= 15 is 0 Å². The Morgan fingerprint density at radius 3 is 2.74 bits per heavy atom. The Labute approximate surface area is 119 Å². The molecular weight excluding hydrogens is 282 g/mol. The summed E-state index contributed by atoms with van der Waals surface area (Å²) in [6.07, 6.45) is 1.35. The lowest BCUT2D eigenvalue weighted by Gasteiger charge is -2.13. The molecule has 0 saturated heterocycles. The van der Waals surface area contributed by atoms with Gasteiger partial charge < -0.3 is 5.21 Å². The van der Waals surface area contributed by atoms with Gasteiger partial charge in [0.05, 0.1) is 5.25 Å². The Kier molecular flexibility index (Phi) is 4.22. The van der Waals surface area contributed by atoms with Crippen LogP contribution < -0.4 is 4.73 Å². The van der Waals surface area contributed by atoms with E-state index in [0.717, 1.165) is 11.1 Å². The van der Waals surface area contributed by atoms with Gasteiger partial charge in [0.15, 0.2) is 6.20 Å². The van der Waals surface area contributed by atoms with Crippen LogP contribution in [-0.2, 0) is 10.8 Å². The Balaban J connectivity index is 2.39. The highest BCUT2D eigenvalue weighted by Gasteiger charge is 2.23. The number of benzene rings is 1. The minimum atomic E-state index is -1.44. The quantitative estimate of drug-likeness (QED) is 0.645. The molecule has 5 heteroatoms. The number of aromatic nitrogens is 1. The van der Waals surface area contributed by atoms with Crippen molar-refractivity contribution in [1.29, 1.82) is 0 Å². The second-order valence-electron chi connectivity index (χ2n) is 4.33. The lowest BCUT2D eigenvalue weighted by atomic mass is 10.1. The van der Waals surface area contributed by atoms with Crippen molar-refractivity contribution in [1.82, 2.24) is 0 Å². The van der Waals surface area contributed by atoms with Crippen molar-refractivity contribution in [2.45, 2.75) is 24.1 Å². The first kappa shape index (κ1) is 14.0. The number of halogens is 1. The van der Waals surface area contributed by atoms with Crippen LogP contribution in [0.5, 0.6) is 0 Å². The number of aryl methyl sites for hydroxylation is 1. The number of hydrogen-bond acceptors (Lipinski definition) is 2. The summed E-state index contributed by atoms with van der Waals surface area (Å²) in [6, 6.07) is 10.5. The van der Waals surface area contributed by atoms with Crippen LogP contribution in [-0.4, -0.2) is 4.21 Å². The van der Waals surface area contributed by atoms with Crippen LogP contribution in [0, 0.1) is 12.1 Å². The third kappa shape index (κ3) is 2.96. The summed E-state index contributed by atoms with van der Waals surface area (Å²) < 4.78 is 13.1. The first-order valence-corrected chi connectivity index (χ1v) is 7.44. The zero-order valence-electron chi connectivity index (χ0n) is 10.7. The Morgan fingerprint density at radius 1 is 1.32 bits per heavy atom. The van der Waals surface area contributed by atoms with Crippen molar-refractivity contribution in [3.8, 4) is 0 Å². The molecule has 0 aliphatic rings. The molecule has 0 saturated carbocycles. The topological polar surface area (TPSA) is 44.0 Å². The molecule has 1 aromatic heterocycles. The van der Waals surface area contributed by atoms with E-state index in [4.69, 9.17) is 11.6 Å². The molecule has 2 atom stereocenters. The normalized spacial score (nSPS) is 14.1. The van der Waals surface area contributed by atoms with Crippen LogP contribution >= 0.6 is 11.6 Å². The summed E-state index contributed by atoms with van der Waals surface area (Å²) in [7, 11) is -1.44. The maximum absolute atomic E-state index is 12.5. The van der Waals surface area contributed by atoms with Gasteiger partial charge in [-0.05, 0) is 31.5 Å². The molecule has 19 heavy (non-hydrogen) atoms. The van der Waals surface area contributed by atoms with Crippen molar-refractivity contribution >= 4 is 22.4 Å². The number of nitrogens with zero attached hydrogens (tertiary/aromatic N) is 1. The fourth-order valence-electron chi connectivity index (χ4n) is 1.84. The largest absolute Gasteiger partial charge is 0.618 e. The highest BCUT2D eigenvalue weighted by Crippen LogP contribution is 2.29. The average Bonchev–Trinajstić information content (AvgIpc) is 2.40. The average molecular weight is 296 g/mol. The van der Waals surface area contributed by atoms with Crippen LogP contribution in [0.1, 0.15) is 23.3 Å². The third-order valence-corrected chi connectivity index (χ3v) is 4.87. The summed E-state index contributed by atoms with van der Waals surface area (Å²) in [5.41, 5.74) is 1.84. The molecule has 2 rings (SSSR count). The van der Waals surface area contributed by atoms with Gasteiger partial charge in [0, 0.05) is 17.2 Å². The van der Waals surface area contributed by atoms with E-state index in [1.54, 1.807) is 24.3 Å². The van der Waals surface area contributed by atoms with Gasteiger partial charge in [0.1, 0.15) is 10.8 Å². The van der Waals surface area contributed by atoms with Crippen LogP contribution in [0.4, 0.5) is 0 Å². The standard InChI is InChI=1S/C14H14ClNO2S/c1-10-6-7-13(15)12(9-10)11(2)19(18)14-5-3-4-8-16(14)17/h3-9,11H,1-2H3. The fraction of sp³-hybridized carbons (Fsp3) is 0.214. The van der Waals surface area contributed by atoms with Gasteiger partial charge in [0.2, 0.25) is 0 Å². The van der Waals surface area contributed by atoms with Crippen molar-refractivity contribution in [2.75, 3.05) is 0 Å². The smallest absolute Gasteiger partial charge is 0.282 e. The van der Waals surface area contributed by atoms with E-state index in [-0.39, 0.29) is 10.3 Å². The first-order valence-electron chi connectivity index (χ1n) is 5.85. The summed E-state index contributed by atoms with van der Waals surface area (Å²) in [5.74, 6) is 0. The SMILES string of the molecule is Cc1ccc(Cl)c(C(C)S(=O)c2cccc[n+]2[O-])c1. The molecule has 1 heterocycles. The first-order chi connectivity index (χ1) is 9.00. The molecular formula is C14H14ClNO2S. The molecule has 0 spiro atoms. The highest BCUT2D eigenvalue weighted by molar-refractivity contribution is 7.85. The van der Waals surface area contributed by atoms with Gasteiger partial charge in [-0.25, -0.2) is 4.21 Å². The van der Waals surface area contributed by atoms with Crippen molar-refractivity contribution in [2.24, 2.45) is 0 Å². The molecule has 0 N–H and O–H groups in total. The van der Waals surface area contributed by atoms with Crippen LogP contribution in [0.25, 0.3) is 0 Å². The molecule has 0 aliphatic carbocycles. The molecule has 0 aliphatic heterocycles. The fourth-order valence-corrected chi connectivity index (χ4v) is 3.42. The number of rotatable bonds is 3. The van der Waals surface area contributed by atoms with E-state index in [2.05, 4.69) is 0 Å². The lowest BCUT2D eigenvalue weighted by molar-refractivity contribution is -0.646. The molecule has 1 aromatic carbocycles. The summed E-state index contributed by atoms with van der Waals surface area (Å²) in [4.78, 5) is 0. The van der Waals surface area contributed by atoms with E-state index in [0.29, 0.717) is 9.75 Å². The van der Waals surface area contributed by atoms with Gasteiger partial charge >= 0.3 is 0 Å². The molecule has 0 bridgehead atoms. The van der Waals surface area contributed by atoms with Gasteiger partial charge in [-0.1, -0.05) is 29.3 Å². The Morgan fingerprint density at radius 2 is 2.05 bits per heavy atom. The van der Waals surface area contributed by atoms with Crippen LogP contribution in [0.3, 0.4) is 0 Å². The van der Waals surface area contributed by atoms with E-state index in [1.807, 2.05) is 26.0 Å².